The molecule has 0 N–H and O–H groups in total. The molecule has 2 nitrogen and oxygen atoms in total. The number of rotatable bonds is 0. The Morgan fingerprint density at radius 3 is 3.27 bits per heavy atom. The van der Waals surface area contributed by atoms with E-state index in [2.05, 4.69) is 23.6 Å². The molecule has 0 radical (unpaired) electrons. The number of aryl methyl sites for hydroxylation is 1. The molecule has 0 aliphatic carbocycles. The Labute approximate surface area is 67.2 Å². The van der Waals surface area contributed by atoms with Crippen LogP contribution in [0.4, 0.5) is 0 Å². The molecule has 60 valence electrons. The summed E-state index contributed by atoms with van der Waals surface area (Å²) in [5.74, 6) is 0.807. The zero-order valence-electron chi connectivity index (χ0n) is 7.17. The zero-order chi connectivity index (χ0) is 7.84. The van der Waals surface area contributed by atoms with Crippen molar-refractivity contribution >= 4 is 0 Å². The third-order valence-electron chi connectivity index (χ3n) is 2.52. The van der Waals surface area contributed by atoms with E-state index in [1.165, 1.54) is 24.1 Å². The van der Waals surface area contributed by atoms with Crippen LogP contribution in [-0.2, 0) is 13.0 Å². The Hall–Kier alpha value is -0.790. The summed E-state index contributed by atoms with van der Waals surface area (Å²) in [6.07, 6.45) is 4.52. The van der Waals surface area contributed by atoms with E-state index in [-0.39, 0.29) is 0 Å². The summed E-state index contributed by atoms with van der Waals surface area (Å²) < 4.78 is 2.16. The molecule has 0 unspecified atom stereocenters. The van der Waals surface area contributed by atoms with Gasteiger partial charge >= 0.3 is 0 Å². The lowest BCUT2D eigenvalue weighted by Crippen LogP contribution is -2.18. The third kappa shape index (κ3) is 1.06. The largest absolute Gasteiger partial charge is 0.269 e. The maximum Gasteiger partial charge on any atom is 0.0521 e. The molecule has 2 heterocycles. The second-order valence-electron chi connectivity index (χ2n) is 3.60. The summed E-state index contributed by atoms with van der Waals surface area (Å²) >= 11 is 0. The van der Waals surface area contributed by atoms with Crippen molar-refractivity contribution < 1.29 is 0 Å². The monoisotopic (exact) mass is 150 g/mol. The fraction of sp³-hybridized carbons (Fsp3) is 0.667. The first-order chi connectivity index (χ1) is 5.27. The minimum atomic E-state index is 0.807. The minimum Gasteiger partial charge on any atom is -0.269 e. The van der Waals surface area contributed by atoms with Crippen LogP contribution in [0.15, 0.2) is 6.20 Å². The average molecular weight is 150 g/mol. The highest BCUT2D eigenvalue weighted by Crippen LogP contribution is 2.20. The van der Waals surface area contributed by atoms with E-state index in [0.29, 0.717) is 0 Å². The average Bonchev–Trinajstić information content (AvgIpc) is 2.32. The van der Waals surface area contributed by atoms with E-state index in [1.807, 2.05) is 6.20 Å². The van der Waals surface area contributed by atoms with Crippen LogP contribution in [0.5, 0.6) is 0 Å². The maximum absolute atomic E-state index is 4.32. The van der Waals surface area contributed by atoms with E-state index in [9.17, 15) is 0 Å². The Morgan fingerprint density at radius 2 is 2.45 bits per heavy atom. The molecule has 1 aromatic heterocycles. The molecule has 11 heavy (non-hydrogen) atoms. The topological polar surface area (TPSA) is 17.8 Å². The molecule has 0 spiro atoms. The van der Waals surface area contributed by atoms with E-state index >= 15 is 0 Å². The lowest BCUT2D eigenvalue weighted by molar-refractivity contribution is 0.371. The fourth-order valence-electron chi connectivity index (χ4n) is 1.76. The first kappa shape index (κ1) is 6.89. The molecule has 0 aromatic carbocycles. The molecule has 0 amide bonds. The molecule has 1 atom stereocenters. The highest BCUT2D eigenvalue weighted by atomic mass is 15.3. The number of hydrogen-bond acceptors (Lipinski definition) is 1. The highest BCUT2D eigenvalue weighted by Gasteiger charge is 2.16. The van der Waals surface area contributed by atoms with Crippen LogP contribution >= 0.6 is 0 Å². The number of aromatic nitrogens is 2. The zero-order valence-corrected chi connectivity index (χ0v) is 7.17. The van der Waals surface area contributed by atoms with Crippen LogP contribution in [0, 0.1) is 12.8 Å². The molecule has 2 rings (SSSR count). The molecular formula is C9H14N2. The summed E-state index contributed by atoms with van der Waals surface area (Å²) in [4.78, 5) is 0. The summed E-state index contributed by atoms with van der Waals surface area (Å²) in [6.45, 7) is 5.55. The van der Waals surface area contributed by atoms with Gasteiger partial charge in [0.1, 0.15) is 0 Å². The summed E-state index contributed by atoms with van der Waals surface area (Å²) in [5, 5.41) is 4.32. The smallest absolute Gasteiger partial charge is 0.0521 e. The van der Waals surface area contributed by atoms with Gasteiger partial charge in [-0.05, 0) is 31.2 Å². The van der Waals surface area contributed by atoms with E-state index < -0.39 is 0 Å². The molecular weight excluding hydrogens is 136 g/mol. The third-order valence-corrected chi connectivity index (χ3v) is 2.52. The van der Waals surface area contributed by atoms with Gasteiger partial charge in [0.25, 0.3) is 0 Å². The SMILES string of the molecule is Cc1cnn2c1CC[C@@H](C)C2. The Kier molecular flexibility index (Phi) is 1.48. The first-order valence-electron chi connectivity index (χ1n) is 4.28. The van der Waals surface area contributed by atoms with Gasteiger partial charge in [-0.1, -0.05) is 6.92 Å². The van der Waals surface area contributed by atoms with Crippen molar-refractivity contribution in [3.63, 3.8) is 0 Å². The van der Waals surface area contributed by atoms with E-state index in [1.54, 1.807) is 0 Å². The van der Waals surface area contributed by atoms with Gasteiger partial charge in [-0.2, -0.15) is 5.10 Å². The Morgan fingerprint density at radius 1 is 1.64 bits per heavy atom. The van der Waals surface area contributed by atoms with Crippen LogP contribution in [0.1, 0.15) is 24.6 Å². The van der Waals surface area contributed by atoms with Gasteiger partial charge in [-0.15, -0.1) is 0 Å². The van der Waals surface area contributed by atoms with Crippen LogP contribution in [0.25, 0.3) is 0 Å². The van der Waals surface area contributed by atoms with E-state index in [0.717, 1.165) is 12.5 Å². The second-order valence-corrected chi connectivity index (χ2v) is 3.60. The number of nitrogens with zero attached hydrogens (tertiary/aromatic N) is 2. The molecule has 0 saturated heterocycles. The van der Waals surface area contributed by atoms with Gasteiger partial charge in [0.15, 0.2) is 0 Å². The van der Waals surface area contributed by atoms with Gasteiger partial charge in [0, 0.05) is 12.2 Å². The lowest BCUT2D eigenvalue weighted by Gasteiger charge is -2.20. The number of hydrogen-bond donors (Lipinski definition) is 0. The minimum absolute atomic E-state index is 0.807. The molecule has 0 fully saturated rings. The quantitative estimate of drug-likeness (QED) is 0.551. The van der Waals surface area contributed by atoms with Crippen molar-refractivity contribution in [3.05, 3.63) is 17.5 Å². The summed E-state index contributed by atoms with van der Waals surface area (Å²) in [5.41, 5.74) is 2.81. The Bertz CT molecular complexity index is 263. The molecule has 0 saturated carbocycles. The predicted octanol–water partition coefficient (Wildman–Crippen LogP) is 1.77. The van der Waals surface area contributed by atoms with E-state index in [4.69, 9.17) is 0 Å². The molecule has 0 bridgehead atoms. The van der Waals surface area contributed by atoms with Crippen molar-refractivity contribution in [1.82, 2.24) is 9.78 Å². The molecule has 1 aliphatic rings. The van der Waals surface area contributed by atoms with Crippen molar-refractivity contribution in [2.45, 2.75) is 33.2 Å². The summed E-state index contributed by atoms with van der Waals surface area (Å²) in [6, 6.07) is 0. The van der Waals surface area contributed by atoms with Crippen LogP contribution in [-0.4, -0.2) is 9.78 Å². The van der Waals surface area contributed by atoms with Crippen molar-refractivity contribution in [2.75, 3.05) is 0 Å². The maximum atomic E-state index is 4.32. The van der Waals surface area contributed by atoms with Crippen molar-refractivity contribution in [2.24, 2.45) is 5.92 Å². The van der Waals surface area contributed by atoms with Gasteiger partial charge < -0.3 is 0 Å². The standard InChI is InChI=1S/C9H14N2/c1-7-3-4-9-8(2)5-10-11(9)6-7/h5,7H,3-4,6H2,1-2H3/t7-/m1/s1. The fourth-order valence-corrected chi connectivity index (χ4v) is 1.76. The van der Waals surface area contributed by atoms with Gasteiger partial charge in [-0.25, -0.2) is 0 Å². The van der Waals surface area contributed by atoms with Crippen LogP contribution < -0.4 is 0 Å². The van der Waals surface area contributed by atoms with Gasteiger partial charge in [-0.3, -0.25) is 4.68 Å². The van der Waals surface area contributed by atoms with Crippen LogP contribution in [0.2, 0.25) is 0 Å². The van der Waals surface area contributed by atoms with Crippen molar-refractivity contribution in [1.29, 1.82) is 0 Å². The van der Waals surface area contributed by atoms with Gasteiger partial charge in [0.05, 0.1) is 6.20 Å². The predicted molar refractivity (Wildman–Crippen MR) is 44.4 cm³/mol. The molecule has 2 heteroatoms. The molecule has 1 aromatic rings. The van der Waals surface area contributed by atoms with Gasteiger partial charge in [0.2, 0.25) is 0 Å². The second kappa shape index (κ2) is 2.36. The first-order valence-corrected chi connectivity index (χ1v) is 4.28. The van der Waals surface area contributed by atoms with Crippen LogP contribution in [0.3, 0.4) is 0 Å². The Balaban J connectivity index is 2.36. The number of fused-ring (bicyclic) bond motifs is 1. The molecule has 1 aliphatic heterocycles. The lowest BCUT2D eigenvalue weighted by atomic mass is 9.99. The highest BCUT2D eigenvalue weighted by molar-refractivity contribution is 5.16. The normalized spacial score (nSPS) is 23.3. The van der Waals surface area contributed by atoms with Crippen molar-refractivity contribution in [3.8, 4) is 0 Å². The summed E-state index contributed by atoms with van der Waals surface area (Å²) in [7, 11) is 0.